The lowest BCUT2D eigenvalue weighted by atomic mass is 10.3. The van der Waals surface area contributed by atoms with Crippen LogP contribution in [0.25, 0.3) is 0 Å². The fourth-order valence-electron chi connectivity index (χ4n) is 1.13. The molecule has 0 aliphatic rings. The van der Waals surface area contributed by atoms with Crippen LogP contribution in [0.4, 0.5) is 5.69 Å². The smallest absolute Gasteiger partial charge is 0.148 e. The first-order valence-corrected chi connectivity index (χ1v) is 6.58. The fourth-order valence-corrected chi connectivity index (χ4v) is 2.47. The van der Waals surface area contributed by atoms with E-state index in [1.165, 1.54) is 0 Å². The van der Waals surface area contributed by atoms with Crippen molar-refractivity contribution < 1.29 is 0 Å². The molecule has 0 aliphatic heterocycles. The number of benzene rings is 1. The summed E-state index contributed by atoms with van der Waals surface area (Å²) in [7, 11) is 0. The largest absolute Gasteiger partial charge is 0.242 e. The summed E-state index contributed by atoms with van der Waals surface area (Å²) < 4.78 is 0. The molecule has 1 aromatic heterocycles. The molecular formula is C11H10N2S2. The predicted molar refractivity (Wildman–Crippen MR) is 68.3 cm³/mol. The van der Waals surface area contributed by atoms with Gasteiger partial charge in [0, 0.05) is 11.6 Å². The van der Waals surface area contributed by atoms with Gasteiger partial charge in [-0.1, -0.05) is 18.2 Å². The molecule has 2 rings (SSSR count). The van der Waals surface area contributed by atoms with E-state index in [1.807, 2.05) is 42.0 Å². The Balaban J connectivity index is 2.32. The van der Waals surface area contributed by atoms with E-state index in [-0.39, 0.29) is 0 Å². The van der Waals surface area contributed by atoms with Gasteiger partial charge in [-0.3, -0.25) is 0 Å². The SMILES string of the molecule is CS/C(=N\c1ccccc1)c1nccs1. The topological polar surface area (TPSA) is 25.2 Å². The van der Waals surface area contributed by atoms with Crippen LogP contribution in [0.15, 0.2) is 46.9 Å². The molecule has 0 saturated carbocycles. The molecule has 2 nitrogen and oxygen atoms in total. The Morgan fingerprint density at radius 2 is 2.13 bits per heavy atom. The van der Waals surface area contributed by atoms with Gasteiger partial charge >= 0.3 is 0 Å². The number of aromatic nitrogens is 1. The standard InChI is InChI=1S/C11H10N2S2/c1-14-11(10-12-7-8-15-10)13-9-5-3-2-4-6-9/h2-8H,1H3/b13-11-. The van der Waals surface area contributed by atoms with Crippen molar-refractivity contribution in [1.82, 2.24) is 4.98 Å². The van der Waals surface area contributed by atoms with Crippen molar-refractivity contribution in [3.63, 3.8) is 0 Å². The van der Waals surface area contributed by atoms with Gasteiger partial charge in [0.2, 0.25) is 0 Å². The second-order valence-electron chi connectivity index (χ2n) is 2.79. The van der Waals surface area contributed by atoms with Crippen LogP contribution in [-0.4, -0.2) is 16.3 Å². The zero-order valence-corrected chi connectivity index (χ0v) is 9.89. The molecule has 76 valence electrons. The lowest BCUT2D eigenvalue weighted by Gasteiger charge is -1.98. The molecule has 0 saturated heterocycles. The second kappa shape index (κ2) is 5.09. The highest BCUT2D eigenvalue weighted by Crippen LogP contribution is 2.19. The Morgan fingerprint density at radius 3 is 2.73 bits per heavy atom. The molecule has 0 fully saturated rings. The Morgan fingerprint density at radius 1 is 1.33 bits per heavy atom. The van der Waals surface area contributed by atoms with Gasteiger partial charge in [-0.25, -0.2) is 9.98 Å². The summed E-state index contributed by atoms with van der Waals surface area (Å²) in [6.07, 6.45) is 3.82. The summed E-state index contributed by atoms with van der Waals surface area (Å²) in [5, 5.41) is 3.91. The number of rotatable bonds is 2. The highest BCUT2D eigenvalue weighted by Gasteiger charge is 2.04. The van der Waals surface area contributed by atoms with Crippen LogP contribution in [0.2, 0.25) is 0 Å². The average Bonchev–Trinajstić information content (AvgIpc) is 2.81. The zero-order chi connectivity index (χ0) is 10.5. The summed E-state index contributed by atoms with van der Waals surface area (Å²) in [6.45, 7) is 0. The van der Waals surface area contributed by atoms with Gasteiger partial charge in [-0.15, -0.1) is 23.1 Å². The molecule has 0 amide bonds. The lowest BCUT2D eigenvalue weighted by molar-refractivity contribution is 1.39. The van der Waals surface area contributed by atoms with E-state index in [0.717, 1.165) is 15.7 Å². The molecule has 0 aliphatic carbocycles. The minimum atomic E-state index is 0.969. The van der Waals surface area contributed by atoms with E-state index in [0.29, 0.717) is 0 Å². The first-order chi connectivity index (χ1) is 7.40. The maximum absolute atomic E-state index is 4.55. The van der Waals surface area contributed by atoms with E-state index in [2.05, 4.69) is 9.98 Å². The molecule has 1 aromatic carbocycles. The molecule has 4 heteroatoms. The molecule has 0 atom stereocenters. The van der Waals surface area contributed by atoms with Crippen LogP contribution in [0.5, 0.6) is 0 Å². The quantitative estimate of drug-likeness (QED) is 0.586. The van der Waals surface area contributed by atoms with Crippen LogP contribution in [-0.2, 0) is 0 Å². The third-order valence-corrected chi connectivity index (χ3v) is 3.38. The van der Waals surface area contributed by atoms with Gasteiger partial charge < -0.3 is 0 Å². The van der Waals surface area contributed by atoms with E-state index >= 15 is 0 Å². The zero-order valence-electron chi connectivity index (χ0n) is 8.25. The number of para-hydroxylation sites is 1. The molecule has 0 N–H and O–H groups in total. The highest BCUT2D eigenvalue weighted by atomic mass is 32.2. The van der Waals surface area contributed by atoms with Crippen molar-refractivity contribution in [2.75, 3.05) is 6.26 Å². The Kier molecular flexibility index (Phi) is 3.53. The van der Waals surface area contributed by atoms with Crippen molar-refractivity contribution >= 4 is 33.8 Å². The summed E-state index contributed by atoms with van der Waals surface area (Å²) in [5.74, 6) is 0. The normalized spacial score (nSPS) is 11.7. The van der Waals surface area contributed by atoms with Crippen molar-refractivity contribution in [3.8, 4) is 0 Å². The lowest BCUT2D eigenvalue weighted by Crippen LogP contribution is -1.92. The van der Waals surface area contributed by atoms with Gasteiger partial charge in [-0.2, -0.15) is 0 Å². The predicted octanol–water partition coefficient (Wildman–Crippen LogP) is 3.58. The minimum absolute atomic E-state index is 0.969. The monoisotopic (exact) mass is 234 g/mol. The van der Waals surface area contributed by atoms with Gasteiger partial charge in [0.1, 0.15) is 10.1 Å². The van der Waals surface area contributed by atoms with Gasteiger partial charge in [-0.05, 0) is 18.4 Å². The van der Waals surface area contributed by atoms with Gasteiger partial charge in [0.15, 0.2) is 0 Å². The number of aliphatic imine (C=N–C) groups is 1. The van der Waals surface area contributed by atoms with Crippen LogP contribution < -0.4 is 0 Å². The molecule has 0 unspecified atom stereocenters. The average molecular weight is 234 g/mol. The van der Waals surface area contributed by atoms with E-state index < -0.39 is 0 Å². The summed E-state index contributed by atoms with van der Waals surface area (Å²) in [6, 6.07) is 9.94. The van der Waals surface area contributed by atoms with E-state index in [9.17, 15) is 0 Å². The molecule has 2 aromatic rings. The molecule has 0 radical (unpaired) electrons. The number of hydrogen-bond acceptors (Lipinski definition) is 4. The molecule has 0 spiro atoms. The molecule has 1 heterocycles. The summed E-state index contributed by atoms with van der Waals surface area (Å²) >= 11 is 3.23. The summed E-state index contributed by atoms with van der Waals surface area (Å²) in [4.78, 5) is 8.80. The van der Waals surface area contributed by atoms with Crippen molar-refractivity contribution in [1.29, 1.82) is 0 Å². The number of hydrogen-bond donors (Lipinski definition) is 0. The van der Waals surface area contributed by atoms with Crippen LogP contribution >= 0.6 is 23.1 Å². The Labute approximate surface area is 97.1 Å². The van der Waals surface area contributed by atoms with Crippen molar-refractivity contribution in [2.24, 2.45) is 4.99 Å². The maximum atomic E-state index is 4.55. The van der Waals surface area contributed by atoms with E-state index in [1.54, 1.807) is 29.3 Å². The first kappa shape index (κ1) is 10.4. The first-order valence-electron chi connectivity index (χ1n) is 4.48. The number of thiazole rings is 1. The van der Waals surface area contributed by atoms with Crippen LogP contribution in [0.1, 0.15) is 5.01 Å². The van der Waals surface area contributed by atoms with Crippen molar-refractivity contribution in [3.05, 3.63) is 46.9 Å². The Bertz CT molecular complexity index is 435. The Hall–Kier alpha value is -1.13. The molecule has 0 bridgehead atoms. The van der Waals surface area contributed by atoms with Gasteiger partial charge in [0.05, 0.1) is 5.69 Å². The van der Waals surface area contributed by atoms with Crippen molar-refractivity contribution in [2.45, 2.75) is 0 Å². The fraction of sp³-hybridized carbons (Fsp3) is 0.0909. The molecular weight excluding hydrogens is 224 g/mol. The summed E-state index contributed by atoms with van der Waals surface area (Å²) in [5.41, 5.74) is 0.969. The third kappa shape index (κ3) is 2.67. The van der Waals surface area contributed by atoms with Crippen LogP contribution in [0.3, 0.4) is 0 Å². The number of thioether (sulfide) groups is 1. The number of nitrogens with zero attached hydrogens (tertiary/aromatic N) is 2. The third-order valence-electron chi connectivity index (χ3n) is 1.80. The maximum Gasteiger partial charge on any atom is 0.148 e. The molecule has 15 heavy (non-hydrogen) atoms. The van der Waals surface area contributed by atoms with Crippen LogP contribution in [0, 0.1) is 0 Å². The minimum Gasteiger partial charge on any atom is -0.242 e. The van der Waals surface area contributed by atoms with E-state index in [4.69, 9.17) is 0 Å². The van der Waals surface area contributed by atoms with Gasteiger partial charge in [0.25, 0.3) is 0 Å². The highest BCUT2D eigenvalue weighted by molar-refractivity contribution is 8.14. The second-order valence-corrected chi connectivity index (χ2v) is 4.48.